The van der Waals surface area contributed by atoms with Gasteiger partial charge in [0.05, 0.1) is 11.0 Å². The normalized spacial score (nSPS) is 11.6. The van der Waals surface area contributed by atoms with Gasteiger partial charge in [0.25, 0.3) is 0 Å². The molecule has 5 heteroatoms. The first-order chi connectivity index (χ1) is 9.22. The van der Waals surface area contributed by atoms with Crippen molar-refractivity contribution < 1.29 is 0 Å². The van der Waals surface area contributed by atoms with Crippen molar-refractivity contribution in [1.29, 1.82) is 0 Å². The van der Waals surface area contributed by atoms with Crippen LogP contribution < -0.4 is 10.9 Å². The van der Waals surface area contributed by atoms with E-state index in [0.717, 1.165) is 21.4 Å². The Morgan fingerprint density at radius 1 is 0.895 bits per heavy atom. The van der Waals surface area contributed by atoms with Crippen LogP contribution in [0, 0.1) is 0 Å². The van der Waals surface area contributed by atoms with E-state index in [4.69, 9.17) is 9.97 Å². The van der Waals surface area contributed by atoms with Gasteiger partial charge in [-0.15, -0.1) is 11.3 Å². The van der Waals surface area contributed by atoms with Gasteiger partial charge in [-0.05, 0) is 12.1 Å². The van der Waals surface area contributed by atoms with Crippen molar-refractivity contribution in [2.24, 2.45) is 0 Å². The van der Waals surface area contributed by atoms with Gasteiger partial charge in [0.1, 0.15) is 26.0 Å². The Morgan fingerprint density at radius 3 is 2.37 bits per heavy atom. The van der Waals surface area contributed by atoms with Gasteiger partial charge < -0.3 is 0 Å². The molecule has 0 unspecified atom stereocenters. The Kier molecular flexibility index (Phi) is 2.21. The van der Waals surface area contributed by atoms with E-state index in [2.05, 4.69) is 27.8 Å². The van der Waals surface area contributed by atoms with Crippen LogP contribution in [-0.4, -0.2) is 25.7 Å². The van der Waals surface area contributed by atoms with Gasteiger partial charge in [0, 0.05) is 10.1 Å². The van der Waals surface area contributed by atoms with Gasteiger partial charge in [-0.3, -0.25) is 0 Å². The minimum Gasteiger partial charge on any atom is -0.243 e. The van der Waals surface area contributed by atoms with Crippen LogP contribution in [0.5, 0.6) is 0 Å². The lowest BCUT2D eigenvalue weighted by molar-refractivity contribution is 1.43. The van der Waals surface area contributed by atoms with E-state index < -0.39 is 0 Å². The zero-order valence-electron chi connectivity index (χ0n) is 10.8. The highest BCUT2D eigenvalue weighted by atomic mass is 32.1. The molecule has 0 radical (unpaired) electrons. The van der Waals surface area contributed by atoms with E-state index in [-0.39, 0.29) is 0 Å². The number of hydrogen-bond donors (Lipinski definition) is 0. The Morgan fingerprint density at radius 2 is 1.58 bits per heavy atom. The molecule has 88 valence electrons. The highest BCUT2D eigenvalue weighted by Gasteiger charge is 2.10. The number of benzene rings is 2. The molecule has 0 aliphatic carbocycles. The van der Waals surface area contributed by atoms with Crippen LogP contribution in [0.15, 0.2) is 36.4 Å². The predicted molar refractivity (Wildman–Crippen MR) is 88.8 cm³/mol. The van der Waals surface area contributed by atoms with E-state index >= 15 is 0 Å². The topological polar surface area (TPSA) is 25.8 Å². The molecule has 2 nitrogen and oxygen atoms in total. The number of aromatic nitrogens is 2. The summed E-state index contributed by atoms with van der Waals surface area (Å²) in [5.74, 6) is 0. The quantitative estimate of drug-likeness (QED) is 0.430. The first-order valence-electron chi connectivity index (χ1n) is 6.28. The third-order valence-electron chi connectivity index (χ3n) is 3.60. The van der Waals surface area contributed by atoms with Crippen LogP contribution in [0.2, 0.25) is 0 Å². The predicted octanol–water partition coefficient (Wildman–Crippen LogP) is 0.514. The monoisotopic (exact) mass is 260 g/mol. The highest BCUT2D eigenvalue weighted by molar-refractivity contribution is 7.25. The first-order valence-corrected chi connectivity index (χ1v) is 7.10. The van der Waals surface area contributed by atoms with Crippen molar-refractivity contribution in [3.8, 4) is 0 Å². The number of hydrogen-bond acceptors (Lipinski definition) is 3. The lowest BCUT2D eigenvalue weighted by atomic mass is 9.80. The Labute approximate surface area is 116 Å². The molecule has 0 amide bonds. The third-order valence-corrected chi connectivity index (χ3v) is 4.63. The summed E-state index contributed by atoms with van der Waals surface area (Å²) in [6, 6.07) is 12.5. The molecule has 0 fully saturated rings. The minimum absolute atomic E-state index is 0.966. The molecule has 2 aromatic carbocycles. The number of fused-ring (bicyclic) bond motifs is 4. The van der Waals surface area contributed by atoms with E-state index in [9.17, 15) is 0 Å². The highest BCUT2D eigenvalue weighted by Crippen LogP contribution is 2.31. The number of thiophene rings is 1. The molecular weight excluding hydrogens is 250 g/mol. The lowest BCUT2D eigenvalue weighted by Gasteiger charge is -2.00. The van der Waals surface area contributed by atoms with Crippen molar-refractivity contribution >= 4 is 69.4 Å². The fourth-order valence-corrected chi connectivity index (χ4v) is 3.50. The van der Waals surface area contributed by atoms with Gasteiger partial charge in [-0.2, -0.15) is 0 Å². The average molecular weight is 260 g/mol. The molecule has 0 atom stereocenters. The van der Waals surface area contributed by atoms with Crippen molar-refractivity contribution in [2.75, 3.05) is 0 Å². The smallest absolute Gasteiger partial charge is 0.143 e. The summed E-state index contributed by atoms with van der Waals surface area (Å²) >= 11 is 1.73. The zero-order valence-corrected chi connectivity index (χ0v) is 11.6. The van der Waals surface area contributed by atoms with E-state index in [1.807, 2.05) is 24.3 Å². The molecule has 4 aromatic rings. The van der Waals surface area contributed by atoms with Gasteiger partial charge in [0.15, 0.2) is 0 Å². The maximum Gasteiger partial charge on any atom is 0.143 e. The summed E-state index contributed by atoms with van der Waals surface area (Å²) in [7, 11) is 4.29. The van der Waals surface area contributed by atoms with Crippen molar-refractivity contribution in [2.45, 2.75) is 0 Å². The average Bonchev–Trinajstić information content (AvgIpc) is 2.74. The van der Waals surface area contributed by atoms with Crippen molar-refractivity contribution in [1.82, 2.24) is 9.97 Å². The molecule has 0 aliphatic heterocycles. The zero-order chi connectivity index (χ0) is 13.0. The molecule has 0 N–H and O–H groups in total. The second-order valence-corrected chi connectivity index (χ2v) is 5.93. The summed E-state index contributed by atoms with van der Waals surface area (Å²) in [6.07, 6.45) is 0. The fourth-order valence-electron chi connectivity index (χ4n) is 2.39. The first kappa shape index (κ1) is 11.0. The van der Waals surface area contributed by atoms with Crippen LogP contribution in [0.25, 0.3) is 31.5 Å². The van der Waals surface area contributed by atoms with Gasteiger partial charge >= 0.3 is 0 Å². The molecule has 19 heavy (non-hydrogen) atoms. The number of rotatable bonds is 0. The van der Waals surface area contributed by atoms with Crippen molar-refractivity contribution in [3.05, 3.63) is 36.4 Å². The van der Waals surface area contributed by atoms with Crippen molar-refractivity contribution in [3.63, 3.8) is 0 Å². The summed E-state index contributed by atoms with van der Waals surface area (Å²) in [4.78, 5) is 10.5. The van der Waals surface area contributed by atoms with E-state index in [1.54, 1.807) is 11.3 Å². The largest absolute Gasteiger partial charge is 0.243 e. The van der Waals surface area contributed by atoms with Gasteiger partial charge in [-0.1, -0.05) is 35.2 Å². The standard InChI is InChI=1S/C14H10B2N2S/c15-8-5-7-12(6-9(8)16)19-14-13(7)17-10-3-1-2-4-11(10)18-14/h1-6H,15-16H2. The Hall–Kier alpha value is -1.87. The Balaban J connectivity index is 2.22. The maximum atomic E-state index is 4.78. The summed E-state index contributed by atoms with van der Waals surface area (Å²) in [5.41, 5.74) is 5.59. The molecule has 0 saturated heterocycles. The second kappa shape index (κ2) is 3.81. The second-order valence-electron chi connectivity index (χ2n) is 4.90. The number of nitrogens with zero attached hydrogens (tertiary/aromatic N) is 2. The minimum atomic E-state index is 0.966. The summed E-state index contributed by atoms with van der Waals surface area (Å²) in [6.45, 7) is 0. The molecule has 0 bridgehead atoms. The SMILES string of the molecule is Bc1cc2sc3nc4ccccc4nc3c2cc1B. The molecule has 0 saturated carbocycles. The molecule has 2 aromatic heterocycles. The molecule has 0 aliphatic rings. The van der Waals surface area contributed by atoms with E-state index in [1.165, 1.54) is 21.0 Å². The fraction of sp³-hybridized carbons (Fsp3) is 0. The molecule has 4 rings (SSSR count). The Bertz CT molecular complexity index is 946. The van der Waals surface area contributed by atoms with Crippen LogP contribution in [-0.2, 0) is 0 Å². The van der Waals surface area contributed by atoms with Crippen LogP contribution in [0.4, 0.5) is 0 Å². The molecule has 0 spiro atoms. The third kappa shape index (κ3) is 1.58. The van der Waals surface area contributed by atoms with Crippen LogP contribution >= 0.6 is 11.3 Å². The summed E-state index contributed by atoms with van der Waals surface area (Å²) in [5, 5.41) is 1.22. The van der Waals surface area contributed by atoms with Crippen LogP contribution in [0.3, 0.4) is 0 Å². The van der Waals surface area contributed by atoms with Crippen LogP contribution in [0.1, 0.15) is 0 Å². The summed E-state index contributed by atoms with van der Waals surface area (Å²) < 4.78 is 1.27. The molecular formula is C14H10B2N2S. The molecule has 2 heterocycles. The van der Waals surface area contributed by atoms with Gasteiger partial charge in [-0.25, -0.2) is 9.97 Å². The maximum absolute atomic E-state index is 4.78. The number of para-hydroxylation sites is 2. The lowest BCUT2D eigenvalue weighted by Crippen LogP contribution is -2.24. The van der Waals surface area contributed by atoms with E-state index in [0.29, 0.717) is 0 Å². The van der Waals surface area contributed by atoms with Gasteiger partial charge in [0.2, 0.25) is 0 Å².